The van der Waals surface area contributed by atoms with E-state index >= 15 is 0 Å². The van der Waals surface area contributed by atoms with E-state index in [0.29, 0.717) is 17.9 Å². The maximum Gasteiger partial charge on any atom is 0.176 e. The lowest BCUT2D eigenvalue weighted by atomic mass is 10.1. The van der Waals surface area contributed by atoms with Gasteiger partial charge < -0.3 is 4.74 Å². The second kappa shape index (κ2) is 5.66. The van der Waals surface area contributed by atoms with Crippen LogP contribution in [-0.2, 0) is 0 Å². The Morgan fingerprint density at radius 1 is 1.53 bits per heavy atom. The van der Waals surface area contributed by atoms with Crippen molar-refractivity contribution in [2.75, 3.05) is 6.61 Å². The average Bonchev–Trinajstić information content (AvgIpc) is 2.20. The molecule has 1 rings (SSSR count). The van der Waals surface area contributed by atoms with Crippen molar-refractivity contribution in [1.82, 2.24) is 0 Å². The van der Waals surface area contributed by atoms with Crippen LogP contribution in [-0.4, -0.2) is 17.2 Å². The van der Waals surface area contributed by atoms with Gasteiger partial charge in [0.15, 0.2) is 5.78 Å². The van der Waals surface area contributed by atoms with Crippen LogP contribution >= 0.6 is 31.9 Å². The van der Waals surface area contributed by atoms with Crippen molar-refractivity contribution in [3.63, 3.8) is 0 Å². The molecule has 1 aromatic carbocycles. The van der Waals surface area contributed by atoms with Gasteiger partial charge in [-0.1, -0.05) is 15.9 Å². The molecule has 0 aliphatic heterocycles. The van der Waals surface area contributed by atoms with E-state index in [1.165, 1.54) is 0 Å². The summed E-state index contributed by atoms with van der Waals surface area (Å²) >= 11 is 6.63. The summed E-state index contributed by atoms with van der Waals surface area (Å²) in [6.45, 7) is 4.30. The highest BCUT2D eigenvalue weighted by molar-refractivity contribution is 9.10. The third kappa shape index (κ3) is 3.31. The van der Waals surface area contributed by atoms with Gasteiger partial charge in [0, 0.05) is 5.56 Å². The Labute approximate surface area is 106 Å². The molecule has 0 N–H and O–H groups in total. The first-order valence-electron chi connectivity index (χ1n) is 4.67. The molecule has 4 heteroatoms. The third-order valence-corrected chi connectivity index (χ3v) is 2.95. The Bertz CT molecular complexity index is 362. The molecule has 1 aromatic rings. The molecule has 0 fully saturated rings. The van der Waals surface area contributed by atoms with Crippen molar-refractivity contribution in [3.05, 3.63) is 28.2 Å². The predicted molar refractivity (Wildman–Crippen MR) is 68.0 cm³/mol. The molecule has 2 nitrogen and oxygen atoms in total. The highest BCUT2D eigenvalue weighted by atomic mass is 79.9. The van der Waals surface area contributed by atoms with E-state index in [2.05, 4.69) is 31.9 Å². The van der Waals surface area contributed by atoms with E-state index in [9.17, 15) is 4.79 Å². The Hall–Kier alpha value is -0.350. The van der Waals surface area contributed by atoms with Gasteiger partial charge in [-0.25, -0.2) is 0 Å². The maximum absolute atomic E-state index is 11.7. The van der Waals surface area contributed by atoms with Crippen LogP contribution in [0.25, 0.3) is 0 Å². The first-order chi connectivity index (χ1) is 7.06. The lowest BCUT2D eigenvalue weighted by Gasteiger charge is -2.08. The molecule has 0 saturated heterocycles. The van der Waals surface area contributed by atoms with Gasteiger partial charge in [-0.15, -0.1) is 0 Å². The Kier molecular flexibility index (Phi) is 4.80. The number of benzene rings is 1. The summed E-state index contributed by atoms with van der Waals surface area (Å²) in [4.78, 5) is 11.5. The minimum Gasteiger partial charge on any atom is -0.493 e. The van der Waals surface area contributed by atoms with Crippen LogP contribution in [0, 0.1) is 0 Å². The van der Waals surface area contributed by atoms with Crippen LogP contribution in [0.5, 0.6) is 5.75 Å². The zero-order valence-corrected chi connectivity index (χ0v) is 11.8. The molecule has 1 atom stereocenters. The summed E-state index contributed by atoms with van der Waals surface area (Å²) < 4.78 is 6.26. The maximum atomic E-state index is 11.7. The first kappa shape index (κ1) is 12.7. The molecular weight excluding hydrogens is 324 g/mol. The summed E-state index contributed by atoms with van der Waals surface area (Å²) in [5, 5.41) is 0. The van der Waals surface area contributed by atoms with Crippen LogP contribution in [0.15, 0.2) is 22.7 Å². The zero-order valence-electron chi connectivity index (χ0n) is 8.59. The summed E-state index contributed by atoms with van der Waals surface area (Å²) in [5.74, 6) is 0.764. The number of halogens is 2. The van der Waals surface area contributed by atoms with Crippen molar-refractivity contribution in [1.29, 1.82) is 0 Å². The normalized spacial score (nSPS) is 12.3. The monoisotopic (exact) mass is 334 g/mol. The molecule has 82 valence electrons. The lowest BCUT2D eigenvalue weighted by Crippen LogP contribution is -2.10. The van der Waals surface area contributed by atoms with Crippen molar-refractivity contribution < 1.29 is 9.53 Å². The summed E-state index contributed by atoms with van der Waals surface area (Å²) in [7, 11) is 0. The van der Waals surface area contributed by atoms with Gasteiger partial charge >= 0.3 is 0 Å². The molecule has 0 radical (unpaired) electrons. The Morgan fingerprint density at radius 2 is 2.20 bits per heavy atom. The van der Waals surface area contributed by atoms with Crippen LogP contribution in [0.3, 0.4) is 0 Å². The van der Waals surface area contributed by atoms with Crippen LogP contribution in [0.1, 0.15) is 24.2 Å². The fourth-order valence-corrected chi connectivity index (χ4v) is 1.78. The average molecular weight is 336 g/mol. The molecule has 0 bridgehead atoms. The molecule has 0 amide bonds. The third-order valence-electron chi connectivity index (χ3n) is 1.88. The number of ketones is 1. The van der Waals surface area contributed by atoms with Crippen LogP contribution < -0.4 is 4.74 Å². The molecule has 0 aromatic heterocycles. The number of carbonyl (C=O) groups is 1. The number of rotatable bonds is 4. The topological polar surface area (TPSA) is 26.3 Å². The SMILES string of the molecule is CCOc1cc(C(=O)C(C)Br)ccc1Br. The summed E-state index contributed by atoms with van der Waals surface area (Å²) in [6.07, 6.45) is 0. The number of hydrogen-bond donors (Lipinski definition) is 0. The number of alkyl halides is 1. The van der Waals surface area contributed by atoms with Gasteiger partial charge in [0.2, 0.25) is 0 Å². The molecule has 0 heterocycles. The van der Waals surface area contributed by atoms with Crippen molar-refractivity contribution >= 4 is 37.6 Å². The molecule has 0 aliphatic carbocycles. The van der Waals surface area contributed by atoms with Crippen molar-refractivity contribution in [2.45, 2.75) is 18.7 Å². The smallest absolute Gasteiger partial charge is 0.176 e. The minimum absolute atomic E-state index is 0.0588. The van der Waals surface area contributed by atoms with Gasteiger partial charge in [-0.3, -0.25) is 4.79 Å². The quantitative estimate of drug-likeness (QED) is 0.617. The van der Waals surface area contributed by atoms with Crippen molar-refractivity contribution in [2.24, 2.45) is 0 Å². The van der Waals surface area contributed by atoms with Gasteiger partial charge in [0.05, 0.1) is 15.9 Å². The molecule has 0 spiro atoms. The number of carbonyl (C=O) groups excluding carboxylic acids is 1. The van der Waals surface area contributed by atoms with Crippen molar-refractivity contribution in [3.8, 4) is 5.75 Å². The Morgan fingerprint density at radius 3 is 2.73 bits per heavy atom. The molecule has 15 heavy (non-hydrogen) atoms. The van der Waals surface area contributed by atoms with E-state index in [1.807, 2.05) is 19.9 Å². The van der Waals surface area contributed by atoms with Gasteiger partial charge in [0.1, 0.15) is 5.75 Å². The van der Waals surface area contributed by atoms with E-state index in [1.54, 1.807) is 12.1 Å². The second-order valence-electron chi connectivity index (χ2n) is 3.06. The first-order valence-corrected chi connectivity index (χ1v) is 6.37. The number of hydrogen-bond acceptors (Lipinski definition) is 2. The van der Waals surface area contributed by atoms with E-state index in [0.717, 1.165) is 4.47 Å². The standard InChI is InChI=1S/C11H12Br2O2/c1-3-15-10-6-8(4-5-9(10)13)11(14)7(2)12/h4-7H,3H2,1-2H3. The second-order valence-corrected chi connectivity index (χ2v) is 5.29. The molecule has 0 saturated carbocycles. The van der Waals surface area contributed by atoms with Gasteiger partial charge in [-0.05, 0) is 48.0 Å². The minimum atomic E-state index is -0.173. The zero-order chi connectivity index (χ0) is 11.4. The predicted octanol–water partition coefficient (Wildman–Crippen LogP) is 3.81. The highest BCUT2D eigenvalue weighted by Crippen LogP contribution is 2.27. The fraction of sp³-hybridized carbons (Fsp3) is 0.364. The number of ether oxygens (including phenoxy) is 1. The largest absolute Gasteiger partial charge is 0.493 e. The van der Waals surface area contributed by atoms with Crippen LogP contribution in [0.2, 0.25) is 0 Å². The van der Waals surface area contributed by atoms with E-state index in [-0.39, 0.29) is 10.6 Å². The van der Waals surface area contributed by atoms with Gasteiger partial charge in [-0.2, -0.15) is 0 Å². The lowest BCUT2D eigenvalue weighted by molar-refractivity contribution is 0.0995. The fourth-order valence-electron chi connectivity index (χ4n) is 1.15. The highest BCUT2D eigenvalue weighted by Gasteiger charge is 2.13. The molecule has 1 unspecified atom stereocenters. The molecule has 0 aliphatic rings. The van der Waals surface area contributed by atoms with E-state index < -0.39 is 0 Å². The number of Topliss-reactive ketones (excluding diaryl/α,β-unsaturated/α-hetero) is 1. The Balaban J connectivity index is 3.01. The molecular formula is C11H12Br2O2. The van der Waals surface area contributed by atoms with E-state index in [4.69, 9.17) is 4.74 Å². The van der Waals surface area contributed by atoms with Crippen LogP contribution in [0.4, 0.5) is 0 Å². The van der Waals surface area contributed by atoms with Gasteiger partial charge in [0.25, 0.3) is 0 Å². The summed E-state index contributed by atoms with van der Waals surface area (Å²) in [6, 6.07) is 5.37. The summed E-state index contributed by atoms with van der Waals surface area (Å²) in [5.41, 5.74) is 0.658.